The molecule has 7 nitrogen and oxygen atoms in total. The summed E-state index contributed by atoms with van der Waals surface area (Å²) in [6.07, 6.45) is 1.95. The van der Waals surface area contributed by atoms with Gasteiger partial charge in [0.05, 0.1) is 24.9 Å². The predicted molar refractivity (Wildman–Crippen MR) is 89.6 cm³/mol. The molecule has 0 fully saturated rings. The van der Waals surface area contributed by atoms with Crippen LogP contribution in [0.15, 0.2) is 24.4 Å². The number of aromatic nitrogens is 1. The van der Waals surface area contributed by atoms with Crippen LogP contribution in [0.2, 0.25) is 0 Å². The number of carbonyl (C=O) groups excluding carboxylic acids is 1. The molecule has 2 N–H and O–H groups in total. The summed E-state index contributed by atoms with van der Waals surface area (Å²) in [4.78, 5) is 27.1. The lowest BCUT2D eigenvalue weighted by Crippen LogP contribution is -2.12. The molecule has 128 valence electrons. The van der Waals surface area contributed by atoms with Crippen LogP contribution < -0.4 is 10.1 Å². The summed E-state index contributed by atoms with van der Waals surface area (Å²) in [6.45, 7) is 2.40. The van der Waals surface area contributed by atoms with Crippen LogP contribution in [-0.4, -0.2) is 42.3 Å². The van der Waals surface area contributed by atoms with Crippen molar-refractivity contribution in [3.63, 3.8) is 0 Å². The first-order chi connectivity index (χ1) is 11.6. The van der Waals surface area contributed by atoms with Crippen molar-refractivity contribution >= 4 is 28.5 Å². The molecule has 0 aliphatic rings. The van der Waals surface area contributed by atoms with Crippen LogP contribution in [0.4, 0.5) is 5.69 Å². The second-order valence-electron chi connectivity index (χ2n) is 5.07. The normalized spacial score (nSPS) is 10.4. The molecule has 0 radical (unpaired) electrons. The summed E-state index contributed by atoms with van der Waals surface area (Å²) >= 11 is 0. The third-order valence-electron chi connectivity index (χ3n) is 3.44. The molecule has 7 heteroatoms. The Balaban J connectivity index is 2.40. The number of carbonyl (C=O) groups is 2. The van der Waals surface area contributed by atoms with E-state index in [9.17, 15) is 9.59 Å². The number of nitrogens with one attached hydrogen (secondary N) is 1. The molecule has 24 heavy (non-hydrogen) atoms. The molecule has 0 saturated heterocycles. The van der Waals surface area contributed by atoms with Crippen molar-refractivity contribution in [2.24, 2.45) is 0 Å². The number of rotatable bonds is 8. The topological polar surface area (TPSA) is 97.8 Å². The number of nitrogens with zero attached hydrogens (tertiary/aromatic N) is 1. The average molecular weight is 332 g/mol. The molecule has 0 bridgehead atoms. The van der Waals surface area contributed by atoms with Crippen LogP contribution in [-0.2, 0) is 9.53 Å². The van der Waals surface area contributed by atoms with Gasteiger partial charge in [-0.3, -0.25) is 9.78 Å². The van der Waals surface area contributed by atoms with Gasteiger partial charge in [-0.05, 0) is 31.5 Å². The zero-order valence-corrected chi connectivity index (χ0v) is 13.7. The summed E-state index contributed by atoms with van der Waals surface area (Å²) in [6, 6.07) is 5.36. The Kier molecular flexibility index (Phi) is 5.95. The van der Waals surface area contributed by atoms with Gasteiger partial charge < -0.3 is 19.9 Å². The van der Waals surface area contributed by atoms with E-state index in [1.54, 1.807) is 32.2 Å². The number of methoxy groups -OCH3 is 1. The predicted octanol–water partition coefficient (Wildman–Crippen LogP) is 2.70. The molecule has 0 amide bonds. The van der Waals surface area contributed by atoms with Crippen LogP contribution in [0.5, 0.6) is 5.75 Å². The fraction of sp³-hybridized carbons (Fsp3) is 0.353. The Morgan fingerprint density at radius 3 is 2.79 bits per heavy atom. The average Bonchev–Trinajstić information content (AvgIpc) is 2.57. The standard InChI is InChI=1S/C17H20N2O5/c1-3-24-17(22)13-10-19-14-7-6-11(23-2)9-12(14)16(13)18-8-4-5-15(20)21/h6-7,9-10H,3-5,8H2,1-2H3,(H,18,19)(H,20,21). The monoisotopic (exact) mass is 332 g/mol. The molecule has 2 rings (SSSR count). The van der Waals surface area contributed by atoms with Gasteiger partial charge in [0.25, 0.3) is 0 Å². The molecule has 2 aromatic rings. The fourth-order valence-electron chi connectivity index (χ4n) is 2.31. The molecular formula is C17H20N2O5. The minimum Gasteiger partial charge on any atom is -0.497 e. The Morgan fingerprint density at radius 1 is 1.33 bits per heavy atom. The van der Waals surface area contributed by atoms with E-state index in [0.29, 0.717) is 35.5 Å². The number of anilines is 1. The minimum atomic E-state index is -0.858. The summed E-state index contributed by atoms with van der Waals surface area (Å²) in [5.74, 6) is -0.696. The van der Waals surface area contributed by atoms with E-state index in [1.165, 1.54) is 6.20 Å². The number of pyridine rings is 1. The largest absolute Gasteiger partial charge is 0.497 e. The van der Waals surface area contributed by atoms with E-state index >= 15 is 0 Å². The zero-order chi connectivity index (χ0) is 17.5. The van der Waals surface area contributed by atoms with Gasteiger partial charge in [-0.15, -0.1) is 0 Å². The van der Waals surface area contributed by atoms with Crippen molar-refractivity contribution in [3.05, 3.63) is 30.0 Å². The van der Waals surface area contributed by atoms with Gasteiger partial charge in [0.2, 0.25) is 0 Å². The first-order valence-corrected chi connectivity index (χ1v) is 7.66. The van der Waals surface area contributed by atoms with Crippen molar-refractivity contribution in [1.29, 1.82) is 0 Å². The Hall–Kier alpha value is -2.83. The summed E-state index contributed by atoms with van der Waals surface area (Å²) in [5, 5.41) is 12.6. The number of esters is 1. The number of carboxylic acid groups (broad SMARTS) is 1. The lowest BCUT2D eigenvalue weighted by Gasteiger charge is -2.14. The lowest BCUT2D eigenvalue weighted by molar-refractivity contribution is -0.137. The van der Waals surface area contributed by atoms with Crippen LogP contribution in [0.25, 0.3) is 10.9 Å². The molecule has 1 aromatic heterocycles. The van der Waals surface area contributed by atoms with Crippen molar-refractivity contribution < 1.29 is 24.2 Å². The van der Waals surface area contributed by atoms with Gasteiger partial charge in [-0.1, -0.05) is 0 Å². The number of benzene rings is 1. The Labute approximate surface area is 139 Å². The highest BCUT2D eigenvalue weighted by Gasteiger charge is 2.17. The van der Waals surface area contributed by atoms with Gasteiger partial charge in [0.1, 0.15) is 11.3 Å². The number of ether oxygens (including phenoxy) is 2. The van der Waals surface area contributed by atoms with Gasteiger partial charge >= 0.3 is 11.9 Å². The second kappa shape index (κ2) is 8.14. The van der Waals surface area contributed by atoms with Gasteiger partial charge in [-0.2, -0.15) is 0 Å². The molecule has 0 aliphatic heterocycles. The van der Waals surface area contributed by atoms with E-state index in [1.807, 2.05) is 0 Å². The maximum atomic E-state index is 12.2. The van der Waals surface area contributed by atoms with Crippen molar-refractivity contribution in [2.45, 2.75) is 19.8 Å². The number of carboxylic acids is 1. The highest BCUT2D eigenvalue weighted by Crippen LogP contribution is 2.29. The summed E-state index contributed by atoms with van der Waals surface area (Å²) in [5.41, 5.74) is 1.58. The minimum absolute atomic E-state index is 0.0497. The smallest absolute Gasteiger partial charge is 0.341 e. The molecule has 1 heterocycles. The third-order valence-corrected chi connectivity index (χ3v) is 3.44. The summed E-state index contributed by atoms with van der Waals surface area (Å²) in [7, 11) is 1.56. The second-order valence-corrected chi connectivity index (χ2v) is 5.07. The highest BCUT2D eigenvalue weighted by atomic mass is 16.5. The molecule has 0 aliphatic carbocycles. The number of hydrogen-bond donors (Lipinski definition) is 2. The quantitative estimate of drug-likeness (QED) is 0.566. The SMILES string of the molecule is CCOC(=O)c1cnc2ccc(OC)cc2c1NCCCC(=O)O. The molecule has 0 saturated carbocycles. The van der Waals surface area contributed by atoms with E-state index < -0.39 is 11.9 Å². The van der Waals surface area contributed by atoms with E-state index in [4.69, 9.17) is 14.6 Å². The summed E-state index contributed by atoms with van der Waals surface area (Å²) < 4.78 is 10.3. The zero-order valence-electron chi connectivity index (χ0n) is 13.7. The van der Waals surface area contributed by atoms with Crippen molar-refractivity contribution in [3.8, 4) is 5.75 Å². The molecule has 0 unspecified atom stereocenters. The van der Waals surface area contributed by atoms with Crippen LogP contribution in [0.3, 0.4) is 0 Å². The van der Waals surface area contributed by atoms with Gasteiger partial charge in [0.15, 0.2) is 0 Å². The van der Waals surface area contributed by atoms with Crippen LogP contribution in [0.1, 0.15) is 30.1 Å². The van der Waals surface area contributed by atoms with Crippen LogP contribution in [0, 0.1) is 0 Å². The highest BCUT2D eigenvalue weighted by molar-refractivity contribution is 6.05. The molecule has 0 spiro atoms. The third kappa shape index (κ3) is 4.13. The van der Waals surface area contributed by atoms with Gasteiger partial charge in [-0.25, -0.2) is 4.79 Å². The van der Waals surface area contributed by atoms with Crippen LogP contribution >= 0.6 is 0 Å². The van der Waals surface area contributed by atoms with E-state index in [2.05, 4.69) is 10.3 Å². The van der Waals surface area contributed by atoms with Crippen molar-refractivity contribution in [1.82, 2.24) is 4.98 Å². The van der Waals surface area contributed by atoms with Crippen molar-refractivity contribution in [2.75, 3.05) is 25.6 Å². The van der Waals surface area contributed by atoms with E-state index in [-0.39, 0.29) is 13.0 Å². The molecular weight excluding hydrogens is 312 g/mol. The maximum Gasteiger partial charge on any atom is 0.341 e. The van der Waals surface area contributed by atoms with E-state index in [0.717, 1.165) is 5.39 Å². The Morgan fingerprint density at radius 2 is 2.12 bits per heavy atom. The molecule has 1 aromatic carbocycles. The number of hydrogen-bond acceptors (Lipinski definition) is 6. The first kappa shape index (κ1) is 17.5. The number of fused-ring (bicyclic) bond motifs is 1. The number of aliphatic carboxylic acids is 1. The maximum absolute atomic E-state index is 12.2. The first-order valence-electron chi connectivity index (χ1n) is 7.66. The lowest BCUT2D eigenvalue weighted by atomic mass is 10.1. The molecule has 0 atom stereocenters. The van der Waals surface area contributed by atoms with Gasteiger partial charge in [0, 0.05) is 24.5 Å². The fourth-order valence-corrected chi connectivity index (χ4v) is 2.31. The Bertz CT molecular complexity index is 745.